The van der Waals surface area contributed by atoms with Gasteiger partial charge in [0, 0.05) is 7.05 Å². The van der Waals surface area contributed by atoms with Crippen LogP contribution in [0.5, 0.6) is 0 Å². The van der Waals surface area contributed by atoms with E-state index in [0.717, 1.165) is 0 Å². The first kappa shape index (κ1) is 9.70. The number of rotatable bonds is 3. The summed E-state index contributed by atoms with van der Waals surface area (Å²) in [5, 5.41) is 7.97. The fourth-order valence-corrected chi connectivity index (χ4v) is 1.04. The highest BCUT2D eigenvalue weighted by Crippen LogP contribution is 2.04. The molecule has 0 aromatic carbocycles. The maximum Gasteiger partial charge on any atom is 0.360 e. The van der Waals surface area contributed by atoms with Crippen molar-refractivity contribution in [2.45, 2.75) is 20.3 Å². The van der Waals surface area contributed by atoms with E-state index in [1.54, 1.807) is 14.0 Å². The number of hydrogen-bond acceptors (Lipinski definition) is 4. The smallest absolute Gasteiger partial charge is 0.360 e. The molecular weight excluding hydrogens is 170 g/mol. The number of aryl methyl sites for hydroxylation is 2. The van der Waals surface area contributed by atoms with Crippen LogP contribution < -0.4 is 0 Å². The Hall–Kier alpha value is -1.39. The van der Waals surface area contributed by atoms with Crippen LogP contribution in [0.25, 0.3) is 0 Å². The van der Waals surface area contributed by atoms with Gasteiger partial charge in [-0.2, -0.15) is 9.90 Å². The van der Waals surface area contributed by atoms with Gasteiger partial charge in [0.1, 0.15) is 0 Å². The lowest BCUT2D eigenvalue weighted by molar-refractivity contribution is 0.0517. The van der Waals surface area contributed by atoms with Crippen molar-refractivity contribution in [1.82, 2.24) is 15.0 Å². The van der Waals surface area contributed by atoms with E-state index in [9.17, 15) is 4.79 Å². The third kappa shape index (κ3) is 2.05. The minimum Gasteiger partial charge on any atom is -0.461 e. The molecule has 0 aliphatic heterocycles. The zero-order valence-corrected chi connectivity index (χ0v) is 8.07. The number of hydrogen-bond donors (Lipinski definition) is 0. The topological polar surface area (TPSA) is 57.0 Å². The second-order valence-corrected chi connectivity index (χ2v) is 2.56. The van der Waals surface area contributed by atoms with Crippen LogP contribution in [0.3, 0.4) is 0 Å². The van der Waals surface area contributed by atoms with E-state index >= 15 is 0 Å². The van der Waals surface area contributed by atoms with Gasteiger partial charge in [-0.15, -0.1) is 5.10 Å². The molecule has 72 valence electrons. The van der Waals surface area contributed by atoms with Gasteiger partial charge in [0.15, 0.2) is 5.69 Å². The highest BCUT2D eigenvalue weighted by atomic mass is 16.5. The Balaban J connectivity index is 2.91. The summed E-state index contributed by atoms with van der Waals surface area (Å²) in [6.07, 6.45) is 0.683. The molecule has 0 aliphatic rings. The number of aromatic nitrogens is 3. The number of carbonyl (C=O) groups is 1. The third-order valence-corrected chi connectivity index (χ3v) is 1.59. The van der Waals surface area contributed by atoms with Crippen LogP contribution in [0, 0.1) is 0 Å². The lowest BCUT2D eigenvalue weighted by atomic mass is 10.3. The van der Waals surface area contributed by atoms with Crippen LogP contribution in [-0.2, 0) is 18.2 Å². The van der Waals surface area contributed by atoms with Crippen molar-refractivity contribution in [1.29, 1.82) is 0 Å². The molecule has 5 nitrogen and oxygen atoms in total. The van der Waals surface area contributed by atoms with Crippen LogP contribution in [0.15, 0.2) is 0 Å². The molecule has 1 rings (SSSR count). The molecule has 1 aromatic heterocycles. The van der Waals surface area contributed by atoms with Gasteiger partial charge in [-0.05, 0) is 13.3 Å². The van der Waals surface area contributed by atoms with Crippen molar-refractivity contribution >= 4 is 5.97 Å². The lowest BCUT2D eigenvalue weighted by Gasteiger charge is -1.97. The minimum absolute atomic E-state index is 0.326. The van der Waals surface area contributed by atoms with E-state index in [-0.39, 0.29) is 0 Å². The summed E-state index contributed by atoms with van der Waals surface area (Å²) in [5.41, 5.74) is 1.01. The predicted octanol–water partition coefficient (Wildman–Crippen LogP) is 0.554. The molecule has 0 saturated carbocycles. The number of ether oxygens (including phenoxy) is 1. The Morgan fingerprint density at radius 1 is 1.46 bits per heavy atom. The highest BCUT2D eigenvalue weighted by Gasteiger charge is 2.16. The molecule has 13 heavy (non-hydrogen) atoms. The largest absolute Gasteiger partial charge is 0.461 e. The van der Waals surface area contributed by atoms with Crippen LogP contribution in [0.1, 0.15) is 30.0 Å². The van der Waals surface area contributed by atoms with E-state index < -0.39 is 5.97 Å². The molecule has 0 unspecified atom stereocenters. The second-order valence-electron chi connectivity index (χ2n) is 2.56. The van der Waals surface area contributed by atoms with Crippen molar-refractivity contribution < 1.29 is 9.53 Å². The number of carbonyl (C=O) groups excluding carboxylic acids is 1. The zero-order valence-electron chi connectivity index (χ0n) is 8.07. The van der Waals surface area contributed by atoms with Crippen LogP contribution in [0.2, 0.25) is 0 Å². The summed E-state index contributed by atoms with van der Waals surface area (Å²) in [5.74, 6) is -0.396. The van der Waals surface area contributed by atoms with Gasteiger partial charge >= 0.3 is 5.97 Å². The van der Waals surface area contributed by atoms with Crippen molar-refractivity contribution in [2.24, 2.45) is 7.05 Å². The fourth-order valence-electron chi connectivity index (χ4n) is 1.04. The zero-order chi connectivity index (χ0) is 9.84. The molecule has 0 atom stereocenters. The molecule has 5 heteroatoms. The summed E-state index contributed by atoms with van der Waals surface area (Å²) < 4.78 is 4.83. The second kappa shape index (κ2) is 4.02. The van der Waals surface area contributed by atoms with E-state index in [1.807, 2.05) is 6.92 Å². The molecular formula is C8H13N3O2. The van der Waals surface area contributed by atoms with Gasteiger partial charge < -0.3 is 4.74 Å². The highest BCUT2D eigenvalue weighted by molar-refractivity contribution is 5.88. The minimum atomic E-state index is -0.396. The molecule has 0 aliphatic carbocycles. The molecule has 0 spiro atoms. The lowest BCUT2D eigenvalue weighted by Crippen LogP contribution is -2.08. The maximum atomic E-state index is 11.3. The van der Waals surface area contributed by atoms with Crippen LogP contribution in [-0.4, -0.2) is 27.6 Å². The average Bonchev–Trinajstić information content (AvgIpc) is 2.47. The summed E-state index contributed by atoms with van der Waals surface area (Å²) in [4.78, 5) is 12.7. The monoisotopic (exact) mass is 183 g/mol. The average molecular weight is 183 g/mol. The van der Waals surface area contributed by atoms with Crippen LogP contribution in [0.4, 0.5) is 0 Å². The normalized spacial score (nSPS) is 10.1. The summed E-state index contributed by atoms with van der Waals surface area (Å²) in [7, 11) is 1.68. The molecule has 1 heterocycles. The van der Waals surface area contributed by atoms with Gasteiger partial charge in [0.2, 0.25) is 0 Å². The Morgan fingerprint density at radius 3 is 2.69 bits per heavy atom. The molecule has 0 amide bonds. The Kier molecular flexibility index (Phi) is 3.00. The summed E-state index contributed by atoms with van der Waals surface area (Å²) in [6, 6.07) is 0. The molecule has 0 bridgehead atoms. The maximum absolute atomic E-state index is 11.3. The van der Waals surface area contributed by atoms with E-state index in [2.05, 4.69) is 10.2 Å². The Morgan fingerprint density at radius 2 is 2.15 bits per heavy atom. The SMILES string of the molecule is CCOC(=O)c1nn(C)nc1CC. The first-order valence-corrected chi connectivity index (χ1v) is 4.26. The molecule has 1 aromatic rings. The van der Waals surface area contributed by atoms with E-state index in [0.29, 0.717) is 24.4 Å². The van der Waals surface area contributed by atoms with Crippen molar-refractivity contribution in [3.05, 3.63) is 11.4 Å². The van der Waals surface area contributed by atoms with Crippen molar-refractivity contribution in [3.63, 3.8) is 0 Å². The first-order chi connectivity index (χ1) is 6.19. The van der Waals surface area contributed by atoms with Gasteiger partial charge in [-0.25, -0.2) is 4.79 Å². The standard InChI is InChI=1S/C8H13N3O2/c1-4-6-7(8(12)13-5-2)10-11(3)9-6/h4-5H2,1-3H3. The summed E-state index contributed by atoms with van der Waals surface area (Å²) in [6.45, 7) is 4.05. The van der Waals surface area contributed by atoms with Gasteiger partial charge in [0.05, 0.1) is 12.3 Å². The first-order valence-electron chi connectivity index (χ1n) is 4.26. The van der Waals surface area contributed by atoms with Crippen LogP contribution >= 0.6 is 0 Å². The van der Waals surface area contributed by atoms with E-state index in [4.69, 9.17) is 4.74 Å². The molecule has 0 N–H and O–H groups in total. The third-order valence-electron chi connectivity index (χ3n) is 1.59. The van der Waals surface area contributed by atoms with Gasteiger partial charge in [0.25, 0.3) is 0 Å². The summed E-state index contributed by atoms with van der Waals surface area (Å²) >= 11 is 0. The molecule has 0 fully saturated rings. The quantitative estimate of drug-likeness (QED) is 0.642. The van der Waals surface area contributed by atoms with Gasteiger partial charge in [-0.1, -0.05) is 6.92 Å². The van der Waals surface area contributed by atoms with Crippen molar-refractivity contribution in [2.75, 3.05) is 6.61 Å². The number of esters is 1. The molecule has 0 saturated heterocycles. The Bertz CT molecular complexity index is 306. The molecule has 0 radical (unpaired) electrons. The predicted molar refractivity (Wildman–Crippen MR) is 46.3 cm³/mol. The number of nitrogens with zero attached hydrogens (tertiary/aromatic N) is 3. The van der Waals surface area contributed by atoms with Crippen molar-refractivity contribution in [3.8, 4) is 0 Å². The van der Waals surface area contributed by atoms with E-state index in [1.165, 1.54) is 4.80 Å². The van der Waals surface area contributed by atoms with Gasteiger partial charge in [-0.3, -0.25) is 0 Å². The Labute approximate surface area is 76.7 Å². The fraction of sp³-hybridized carbons (Fsp3) is 0.625.